The Morgan fingerprint density at radius 1 is 0.902 bits per heavy atom. The highest BCUT2D eigenvalue weighted by Crippen LogP contribution is 2.47. The van der Waals surface area contributed by atoms with Gasteiger partial charge in [0.2, 0.25) is 0 Å². The third-order valence-electron chi connectivity index (χ3n) is 7.77. The van der Waals surface area contributed by atoms with Crippen molar-refractivity contribution in [1.29, 1.82) is 0 Å². The van der Waals surface area contributed by atoms with Crippen LogP contribution in [0.1, 0.15) is 61.6 Å². The molecule has 6 heteroatoms. The van der Waals surface area contributed by atoms with E-state index in [-0.39, 0.29) is 18.3 Å². The van der Waals surface area contributed by atoms with E-state index in [0.29, 0.717) is 54.2 Å². The Morgan fingerprint density at radius 2 is 1.63 bits per heavy atom. The fraction of sp³-hybridized carbons (Fsp3) is 0.314. The monoisotopic (exact) mass is 551 g/mol. The molecule has 2 atom stereocenters. The molecule has 0 aromatic heterocycles. The zero-order valence-electron chi connectivity index (χ0n) is 23.9. The Morgan fingerprint density at radius 3 is 2.34 bits per heavy atom. The first-order chi connectivity index (χ1) is 20.0. The van der Waals surface area contributed by atoms with Gasteiger partial charge in [-0.1, -0.05) is 73.7 Å². The summed E-state index contributed by atoms with van der Waals surface area (Å²) in [6.07, 6.45) is 2.54. The number of rotatable bonds is 10. The molecule has 3 aromatic carbocycles. The number of ether oxygens (including phenoxy) is 3. The fourth-order valence-electron chi connectivity index (χ4n) is 5.78. The van der Waals surface area contributed by atoms with Crippen molar-refractivity contribution < 1.29 is 23.8 Å². The third-order valence-corrected chi connectivity index (χ3v) is 7.77. The van der Waals surface area contributed by atoms with E-state index in [2.05, 4.69) is 17.4 Å². The van der Waals surface area contributed by atoms with Gasteiger partial charge in [-0.05, 0) is 54.5 Å². The van der Waals surface area contributed by atoms with Crippen LogP contribution in [0.2, 0.25) is 0 Å². The van der Waals surface area contributed by atoms with Crippen molar-refractivity contribution in [3.8, 4) is 11.5 Å². The lowest BCUT2D eigenvalue weighted by atomic mass is 9.71. The molecule has 0 saturated carbocycles. The van der Waals surface area contributed by atoms with Crippen molar-refractivity contribution in [3.05, 3.63) is 118 Å². The molecule has 1 aliphatic carbocycles. The second-order valence-electron chi connectivity index (χ2n) is 10.6. The molecule has 2 unspecified atom stereocenters. The highest BCUT2D eigenvalue weighted by Gasteiger charge is 2.41. The fourth-order valence-corrected chi connectivity index (χ4v) is 5.78. The van der Waals surface area contributed by atoms with Crippen LogP contribution in [0.4, 0.5) is 0 Å². The molecule has 5 rings (SSSR count). The number of carbonyl (C=O) groups is 2. The Labute approximate surface area is 242 Å². The Balaban J connectivity index is 1.50. The maximum Gasteiger partial charge on any atom is 0.336 e. The maximum atomic E-state index is 13.9. The summed E-state index contributed by atoms with van der Waals surface area (Å²) in [4.78, 5) is 27.6. The van der Waals surface area contributed by atoms with Crippen molar-refractivity contribution in [3.63, 3.8) is 0 Å². The largest absolute Gasteiger partial charge is 0.493 e. The Kier molecular flexibility index (Phi) is 8.88. The van der Waals surface area contributed by atoms with Gasteiger partial charge in [-0.3, -0.25) is 4.79 Å². The van der Waals surface area contributed by atoms with Crippen molar-refractivity contribution >= 4 is 11.8 Å². The van der Waals surface area contributed by atoms with Gasteiger partial charge in [0.25, 0.3) is 0 Å². The molecule has 0 saturated heterocycles. The number of hydrogen-bond acceptors (Lipinski definition) is 6. The molecule has 6 nitrogen and oxygen atoms in total. The molecule has 0 bridgehead atoms. The highest BCUT2D eigenvalue weighted by molar-refractivity contribution is 6.04. The van der Waals surface area contributed by atoms with Crippen molar-refractivity contribution in [2.45, 2.75) is 51.4 Å². The minimum Gasteiger partial charge on any atom is -0.493 e. The number of Topliss-reactive ketones (excluding diaryl/α,β-unsaturated/α-hetero) is 1. The first-order valence-corrected chi connectivity index (χ1v) is 14.3. The lowest BCUT2D eigenvalue weighted by Gasteiger charge is -2.37. The van der Waals surface area contributed by atoms with Gasteiger partial charge in [0.05, 0.1) is 25.9 Å². The van der Waals surface area contributed by atoms with Gasteiger partial charge in [-0.25, -0.2) is 4.79 Å². The van der Waals surface area contributed by atoms with Crippen LogP contribution in [0, 0.1) is 0 Å². The van der Waals surface area contributed by atoms with E-state index in [1.807, 2.05) is 80.6 Å². The maximum absolute atomic E-state index is 13.9. The normalized spacial score (nSPS) is 18.5. The van der Waals surface area contributed by atoms with E-state index < -0.39 is 11.9 Å². The number of dihydropyridines is 1. The SMILES string of the molecule is CCCOc1ccc(C2C(C(=O)OCCc3ccccc3)=C(C)NC3=C2C(=O)CC(c2ccccc2)C3)cc1OC. The third kappa shape index (κ3) is 6.22. The van der Waals surface area contributed by atoms with Gasteiger partial charge in [0.1, 0.15) is 0 Å². The summed E-state index contributed by atoms with van der Waals surface area (Å²) in [5.41, 5.74) is 5.66. The van der Waals surface area contributed by atoms with Crippen molar-refractivity contribution in [2.75, 3.05) is 20.3 Å². The number of ketones is 1. The lowest BCUT2D eigenvalue weighted by Crippen LogP contribution is -2.36. The van der Waals surface area contributed by atoms with E-state index in [0.717, 1.165) is 28.8 Å². The standard InChI is InChI=1S/C35H37NO5/c1-4-18-40-30-16-15-26(22-31(30)39-3)33-32(35(38)41-19-17-24-11-7-5-8-12-24)23(2)36-28-20-27(21-29(37)34(28)33)25-13-9-6-10-14-25/h5-16,22,27,33,36H,4,17-21H2,1-3H3. The number of methoxy groups -OCH3 is 1. The predicted octanol–water partition coefficient (Wildman–Crippen LogP) is 6.63. The van der Waals surface area contributed by atoms with Crippen LogP contribution >= 0.6 is 0 Å². The van der Waals surface area contributed by atoms with Gasteiger partial charge < -0.3 is 19.5 Å². The average molecular weight is 552 g/mol. The molecule has 2 aliphatic rings. The second-order valence-corrected chi connectivity index (χ2v) is 10.6. The van der Waals surface area contributed by atoms with E-state index in [4.69, 9.17) is 14.2 Å². The summed E-state index contributed by atoms with van der Waals surface area (Å²) in [6.45, 7) is 4.74. The molecule has 212 valence electrons. The van der Waals surface area contributed by atoms with Crippen molar-refractivity contribution in [1.82, 2.24) is 5.32 Å². The second kappa shape index (κ2) is 12.9. The minimum atomic E-state index is -0.575. The lowest BCUT2D eigenvalue weighted by molar-refractivity contribution is -0.139. The quantitative estimate of drug-likeness (QED) is 0.285. The first kappa shape index (κ1) is 28.2. The number of hydrogen-bond donors (Lipinski definition) is 1. The summed E-state index contributed by atoms with van der Waals surface area (Å²) < 4.78 is 17.4. The van der Waals surface area contributed by atoms with Crippen LogP contribution in [0.5, 0.6) is 11.5 Å². The van der Waals surface area contributed by atoms with Crippen LogP contribution in [0.3, 0.4) is 0 Å². The molecular formula is C35H37NO5. The predicted molar refractivity (Wildman–Crippen MR) is 159 cm³/mol. The van der Waals surface area contributed by atoms with Gasteiger partial charge in [0.15, 0.2) is 17.3 Å². The number of carbonyl (C=O) groups excluding carboxylic acids is 2. The summed E-state index contributed by atoms with van der Waals surface area (Å²) in [7, 11) is 1.60. The van der Waals surface area contributed by atoms with Crippen molar-refractivity contribution in [2.24, 2.45) is 0 Å². The summed E-state index contributed by atoms with van der Waals surface area (Å²) in [5, 5.41) is 3.44. The highest BCUT2D eigenvalue weighted by atomic mass is 16.5. The Bertz CT molecular complexity index is 1460. The zero-order chi connectivity index (χ0) is 28.8. The van der Waals surface area contributed by atoms with E-state index in [1.54, 1.807) is 7.11 Å². The zero-order valence-corrected chi connectivity index (χ0v) is 23.9. The topological polar surface area (TPSA) is 73.9 Å². The van der Waals surface area contributed by atoms with Crippen LogP contribution in [0.15, 0.2) is 101 Å². The molecule has 1 aliphatic heterocycles. The number of allylic oxidation sites excluding steroid dienone is 3. The van der Waals surface area contributed by atoms with E-state index >= 15 is 0 Å². The van der Waals surface area contributed by atoms with Gasteiger partial charge in [0, 0.05) is 35.7 Å². The summed E-state index contributed by atoms with van der Waals surface area (Å²) >= 11 is 0. The molecule has 1 N–H and O–H groups in total. The summed E-state index contributed by atoms with van der Waals surface area (Å²) in [5.74, 6) is 0.302. The number of esters is 1. The van der Waals surface area contributed by atoms with Crippen LogP contribution < -0.4 is 14.8 Å². The molecule has 41 heavy (non-hydrogen) atoms. The van der Waals surface area contributed by atoms with Gasteiger partial charge in [-0.15, -0.1) is 0 Å². The van der Waals surface area contributed by atoms with Crippen LogP contribution in [-0.2, 0) is 20.7 Å². The molecule has 1 heterocycles. The van der Waals surface area contributed by atoms with Crippen LogP contribution in [-0.4, -0.2) is 32.1 Å². The summed E-state index contributed by atoms with van der Waals surface area (Å²) in [6, 6.07) is 25.7. The van der Waals surface area contributed by atoms with Gasteiger partial charge in [-0.2, -0.15) is 0 Å². The average Bonchev–Trinajstić information content (AvgIpc) is 3.00. The van der Waals surface area contributed by atoms with Gasteiger partial charge >= 0.3 is 5.97 Å². The van der Waals surface area contributed by atoms with Crippen LogP contribution in [0.25, 0.3) is 0 Å². The number of benzene rings is 3. The minimum absolute atomic E-state index is 0.0324. The molecular weight excluding hydrogens is 514 g/mol. The molecule has 3 aromatic rings. The Hall–Kier alpha value is -4.32. The number of nitrogens with one attached hydrogen (secondary N) is 1. The smallest absolute Gasteiger partial charge is 0.336 e. The molecule has 0 fully saturated rings. The van der Waals surface area contributed by atoms with E-state index in [1.165, 1.54) is 0 Å². The molecule has 0 spiro atoms. The first-order valence-electron chi connectivity index (χ1n) is 14.3. The molecule has 0 amide bonds. The molecule has 0 radical (unpaired) electrons. The van der Waals surface area contributed by atoms with E-state index in [9.17, 15) is 9.59 Å².